The van der Waals surface area contributed by atoms with Gasteiger partial charge in [-0.2, -0.15) is 0 Å². The van der Waals surface area contributed by atoms with Crippen LogP contribution in [-0.4, -0.2) is 52.6 Å². The van der Waals surface area contributed by atoms with E-state index in [9.17, 15) is 9.59 Å². The summed E-state index contributed by atoms with van der Waals surface area (Å²) in [5.41, 5.74) is 0. The summed E-state index contributed by atoms with van der Waals surface area (Å²) in [4.78, 5) is 27.3. The fourth-order valence-corrected chi connectivity index (χ4v) is 2.99. The van der Waals surface area contributed by atoms with Crippen molar-refractivity contribution in [1.82, 2.24) is 9.80 Å². The molecule has 1 rings (SSSR count). The molecule has 0 spiro atoms. The number of rotatable bonds is 7. The van der Waals surface area contributed by atoms with Crippen molar-refractivity contribution in [3.63, 3.8) is 0 Å². The largest absolute Gasteiger partial charge is 0.480 e. The summed E-state index contributed by atoms with van der Waals surface area (Å²) in [7, 11) is 0. The quantitative estimate of drug-likeness (QED) is 0.786. The molecule has 1 N–H and O–H groups in total. The highest BCUT2D eigenvalue weighted by atomic mass is 16.4. The molecule has 1 aliphatic rings. The summed E-state index contributed by atoms with van der Waals surface area (Å²) in [6, 6.07) is 0.176. The molecule has 0 atom stereocenters. The van der Waals surface area contributed by atoms with Crippen LogP contribution in [0.4, 0.5) is 4.79 Å². The van der Waals surface area contributed by atoms with E-state index in [0.29, 0.717) is 19.0 Å². The average Bonchev–Trinajstić information content (AvgIpc) is 2.86. The van der Waals surface area contributed by atoms with Crippen LogP contribution >= 0.6 is 0 Å². The summed E-state index contributed by atoms with van der Waals surface area (Å²) in [6.07, 6.45) is 4.41. The molecule has 0 aliphatic heterocycles. The summed E-state index contributed by atoms with van der Waals surface area (Å²) in [5, 5.41) is 9.06. The van der Waals surface area contributed by atoms with Gasteiger partial charge in [-0.1, -0.05) is 40.5 Å². The number of amides is 2. The molecular formula is C16H30N2O3. The van der Waals surface area contributed by atoms with Crippen molar-refractivity contribution in [3.8, 4) is 0 Å². The lowest BCUT2D eigenvalue weighted by atomic mass is 10.1. The standard InChI is InChI=1S/C16H30N2O3/c1-12(2)9-17(11-15(19)20)16(21)18(10-13(3)4)14-7-5-6-8-14/h12-14H,5-11H2,1-4H3,(H,19,20). The first-order valence-corrected chi connectivity index (χ1v) is 8.08. The third kappa shape index (κ3) is 5.94. The Morgan fingerprint density at radius 1 is 1.05 bits per heavy atom. The van der Waals surface area contributed by atoms with Gasteiger partial charge in [0.15, 0.2) is 0 Å². The Morgan fingerprint density at radius 2 is 1.57 bits per heavy atom. The Labute approximate surface area is 128 Å². The predicted octanol–water partition coefficient (Wildman–Crippen LogP) is 3.05. The number of aliphatic carboxylic acids is 1. The van der Waals surface area contributed by atoms with E-state index in [1.807, 2.05) is 18.7 Å². The van der Waals surface area contributed by atoms with Gasteiger partial charge in [0.2, 0.25) is 0 Å². The van der Waals surface area contributed by atoms with Crippen LogP contribution in [0.3, 0.4) is 0 Å². The van der Waals surface area contributed by atoms with E-state index in [4.69, 9.17) is 5.11 Å². The zero-order valence-corrected chi connectivity index (χ0v) is 13.8. The first-order valence-electron chi connectivity index (χ1n) is 8.08. The van der Waals surface area contributed by atoms with Crippen molar-refractivity contribution in [2.75, 3.05) is 19.6 Å². The maximum absolute atomic E-state index is 12.8. The van der Waals surface area contributed by atoms with Crippen LogP contribution in [0.5, 0.6) is 0 Å². The van der Waals surface area contributed by atoms with E-state index < -0.39 is 5.97 Å². The van der Waals surface area contributed by atoms with Crippen LogP contribution < -0.4 is 0 Å². The van der Waals surface area contributed by atoms with Gasteiger partial charge in [-0.25, -0.2) is 4.79 Å². The molecular weight excluding hydrogens is 268 g/mol. The van der Waals surface area contributed by atoms with Gasteiger partial charge in [0.25, 0.3) is 0 Å². The van der Waals surface area contributed by atoms with E-state index in [2.05, 4.69) is 13.8 Å². The topological polar surface area (TPSA) is 60.9 Å². The lowest BCUT2D eigenvalue weighted by molar-refractivity contribution is -0.137. The molecule has 0 aromatic heterocycles. The summed E-state index contributed by atoms with van der Waals surface area (Å²) in [5.74, 6) is -0.294. The molecule has 0 saturated heterocycles. The highest BCUT2D eigenvalue weighted by molar-refractivity contribution is 5.80. The summed E-state index contributed by atoms with van der Waals surface area (Å²) in [6.45, 7) is 9.19. The highest BCUT2D eigenvalue weighted by Gasteiger charge is 2.31. The molecule has 1 aliphatic carbocycles. The third-order valence-electron chi connectivity index (χ3n) is 3.76. The number of nitrogens with zero attached hydrogens (tertiary/aromatic N) is 2. The van der Waals surface area contributed by atoms with Crippen molar-refractivity contribution in [3.05, 3.63) is 0 Å². The molecule has 5 heteroatoms. The molecule has 0 radical (unpaired) electrons. The number of carboxylic acid groups (broad SMARTS) is 1. The number of hydrogen-bond donors (Lipinski definition) is 1. The second kappa shape index (κ2) is 8.25. The van der Waals surface area contributed by atoms with E-state index in [0.717, 1.165) is 25.7 Å². The minimum absolute atomic E-state index is 0.105. The molecule has 0 heterocycles. The van der Waals surface area contributed by atoms with Crippen molar-refractivity contribution in [1.29, 1.82) is 0 Å². The molecule has 5 nitrogen and oxygen atoms in total. The first kappa shape index (κ1) is 17.8. The Morgan fingerprint density at radius 3 is 2.00 bits per heavy atom. The van der Waals surface area contributed by atoms with Crippen molar-refractivity contribution < 1.29 is 14.7 Å². The van der Waals surface area contributed by atoms with Gasteiger partial charge < -0.3 is 14.9 Å². The van der Waals surface area contributed by atoms with Crippen molar-refractivity contribution in [2.45, 2.75) is 59.4 Å². The zero-order chi connectivity index (χ0) is 16.0. The molecule has 1 saturated carbocycles. The van der Waals surface area contributed by atoms with Crippen LogP contribution in [0.25, 0.3) is 0 Å². The molecule has 2 amide bonds. The van der Waals surface area contributed by atoms with Gasteiger partial charge in [-0.05, 0) is 24.7 Å². The molecule has 21 heavy (non-hydrogen) atoms. The van der Waals surface area contributed by atoms with Gasteiger partial charge in [-0.15, -0.1) is 0 Å². The van der Waals surface area contributed by atoms with Crippen LogP contribution in [-0.2, 0) is 4.79 Å². The summed E-state index contributed by atoms with van der Waals surface area (Å²) < 4.78 is 0. The Bertz CT molecular complexity index is 349. The van der Waals surface area contributed by atoms with E-state index in [1.54, 1.807) is 0 Å². The molecule has 0 bridgehead atoms. The number of carbonyl (C=O) groups is 2. The first-order chi connectivity index (χ1) is 9.81. The monoisotopic (exact) mass is 298 g/mol. The lowest BCUT2D eigenvalue weighted by Crippen LogP contribution is -2.51. The van der Waals surface area contributed by atoms with Crippen LogP contribution in [0, 0.1) is 11.8 Å². The Kier molecular flexibility index (Phi) is 6.99. The van der Waals surface area contributed by atoms with Crippen LogP contribution in [0.2, 0.25) is 0 Å². The molecule has 0 aromatic carbocycles. The second-order valence-electron chi connectivity index (χ2n) is 6.94. The maximum atomic E-state index is 12.8. The highest BCUT2D eigenvalue weighted by Crippen LogP contribution is 2.25. The van der Waals surface area contributed by atoms with Gasteiger partial charge in [0.1, 0.15) is 6.54 Å². The van der Waals surface area contributed by atoms with Crippen molar-refractivity contribution >= 4 is 12.0 Å². The number of hydrogen-bond acceptors (Lipinski definition) is 2. The van der Waals surface area contributed by atoms with E-state index in [-0.39, 0.29) is 24.5 Å². The maximum Gasteiger partial charge on any atom is 0.323 e. The Balaban J connectivity index is 2.84. The fraction of sp³-hybridized carbons (Fsp3) is 0.875. The third-order valence-corrected chi connectivity index (χ3v) is 3.76. The SMILES string of the molecule is CC(C)CN(CC(=O)O)C(=O)N(CC(C)C)C1CCCC1. The number of carbonyl (C=O) groups excluding carboxylic acids is 1. The normalized spacial score (nSPS) is 15.7. The fourth-order valence-electron chi connectivity index (χ4n) is 2.99. The van der Waals surface area contributed by atoms with Crippen LogP contribution in [0.15, 0.2) is 0 Å². The van der Waals surface area contributed by atoms with Gasteiger partial charge in [0.05, 0.1) is 0 Å². The van der Waals surface area contributed by atoms with Gasteiger partial charge >= 0.3 is 12.0 Å². The second-order valence-corrected chi connectivity index (χ2v) is 6.94. The van der Waals surface area contributed by atoms with E-state index >= 15 is 0 Å². The van der Waals surface area contributed by atoms with E-state index in [1.165, 1.54) is 4.90 Å². The zero-order valence-electron chi connectivity index (χ0n) is 13.8. The average molecular weight is 298 g/mol. The predicted molar refractivity (Wildman–Crippen MR) is 83.2 cm³/mol. The number of urea groups is 1. The lowest BCUT2D eigenvalue weighted by Gasteiger charge is -2.35. The minimum atomic E-state index is -0.945. The molecule has 0 aromatic rings. The minimum Gasteiger partial charge on any atom is -0.480 e. The van der Waals surface area contributed by atoms with Gasteiger partial charge in [0, 0.05) is 19.1 Å². The molecule has 122 valence electrons. The number of carboxylic acids is 1. The smallest absolute Gasteiger partial charge is 0.323 e. The Hall–Kier alpha value is -1.26. The molecule has 1 fully saturated rings. The van der Waals surface area contributed by atoms with Crippen molar-refractivity contribution in [2.24, 2.45) is 11.8 Å². The van der Waals surface area contributed by atoms with Gasteiger partial charge in [-0.3, -0.25) is 4.79 Å². The molecule has 0 unspecified atom stereocenters. The summed E-state index contributed by atoms with van der Waals surface area (Å²) >= 11 is 0. The van der Waals surface area contributed by atoms with Crippen LogP contribution in [0.1, 0.15) is 53.4 Å².